The first-order valence-corrected chi connectivity index (χ1v) is 9.17. The van der Waals surface area contributed by atoms with Gasteiger partial charge in [0.1, 0.15) is 0 Å². The molecule has 0 aliphatic heterocycles. The van der Waals surface area contributed by atoms with Crippen molar-refractivity contribution in [1.29, 1.82) is 0 Å². The molecule has 0 heterocycles. The highest BCUT2D eigenvalue weighted by Crippen LogP contribution is 2.31. The molecule has 3 nitrogen and oxygen atoms in total. The molecular formula is C16H25NO2S. The number of anilines is 1. The zero-order chi connectivity index (χ0) is 14.8. The predicted molar refractivity (Wildman–Crippen MR) is 83.8 cm³/mol. The number of benzene rings is 1. The summed E-state index contributed by atoms with van der Waals surface area (Å²) < 4.78 is 23.5. The van der Waals surface area contributed by atoms with Gasteiger partial charge in [-0.25, -0.2) is 8.42 Å². The highest BCUT2D eigenvalue weighted by atomic mass is 32.2. The Morgan fingerprint density at radius 2 is 1.75 bits per heavy atom. The average molecular weight is 295 g/mol. The summed E-state index contributed by atoms with van der Waals surface area (Å²) in [5.74, 6) is 1.71. The molecule has 20 heavy (non-hydrogen) atoms. The Bertz CT molecular complexity index is 536. The molecule has 4 heteroatoms. The van der Waals surface area contributed by atoms with Gasteiger partial charge >= 0.3 is 0 Å². The summed E-state index contributed by atoms with van der Waals surface area (Å²) >= 11 is 0. The van der Waals surface area contributed by atoms with E-state index in [-0.39, 0.29) is 5.75 Å². The molecule has 0 spiro atoms. The minimum Gasteiger partial charge on any atom is -0.382 e. The summed E-state index contributed by atoms with van der Waals surface area (Å²) in [4.78, 5) is 0.413. The molecule has 1 fully saturated rings. The van der Waals surface area contributed by atoms with Gasteiger partial charge in [-0.3, -0.25) is 0 Å². The summed E-state index contributed by atoms with van der Waals surface area (Å²) in [7, 11) is -3.09. The Hall–Kier alpha value is -1.03. The fourth-order valence-electron chi connectivity index (χ4n) is 2.84. The van der Waals surface area contributed by atoms with E-state index < -0.39 is 9.84 Å². The van der Waals surface area contributed by atoms with Crippen LogP contribution in [0, 0.1) is 11.8 Å². The van der Waals surface area contributed by atoms with E-state index in [0.29, 0.717) is 10.9 Å². The Morgan fingerprint density at radius 3 is 2.30 bits per heavy atom. The van der Waals surface area contributed by atoms with Crippen LogP contribution in [0.3, 0.4) is 0 Å². The Morgan fingerprint density at radius 1 is 1.10 bits per heavy atom. The van der Waals surface area contributed by atoms with Crippen LogP contribution in [0.5, 0.6) is 0 Å². The summed E-state index contributed by atoms with van der Waals surface area (Å²) in [6.45, 7) is 6.31. The van der Waals surface area contributed by atoms with Crippen LogP contribution in [-0.4, -0.2) is 20.2 Å². The van der Waals surface area contributed by atoms with Crippen molar-refractivity contribution in [2.75, 3.05) is 11.1 Å². The quantitative estimate of drug-likeness (QED) is 0.921. The van der Waals surface area contributed by atoms with Crippen LogP contribution in [0.15, 0.2) is 29.2 Å². The van der Waals surface area contributed by atoms with Crippen LogP contribution in [0.25, 0.3) is 0 Å². The van der Waals surface area contributed by atoms with Crippen LogP contribution in [0.1, 0.15) is 40.0 Å². The van der Waals surface area contributed by atoms with E-state index in [2.05, 4.69) is 19.2 Å². The van der Waals surface area contributed by atoms with Gasteiger partial charge in [-0.15, -0.1) is 0 Å². The Kier molecular flexibility index (Phi) is 4.74. The summed E-state index contributed by atoms with van der Waals surface area (Å²) in [6, 6.07) is 7.68. The van der Waals surface area contributed by atoms with Gasteiger partial charge in [-0.1, -0.05) is 20.8 Å². The molecule has 1 aliphatic carbocycles. The standard InChI is InChI=1S/C16H25NO2S/c1-4-20(18,19)16-9-7-14(8-10-16)17-15-6-5-12(2)13(3)11-15/h7-10,12-13,15,17H,4-6,11H2,1-3H3. The van der Waals surface area contributed by atoms with Crippen LogP contribution >= 0.6 is 0 Å². The molecule has 1 aromatic carbocycles. The molecule has 1 aromatic rings. The minimum absolute atomic E-state index is 0.151. The van der Waals surface area contributed by atoms with E-state index in [0.717, 1.165) is 17.5 Å². The first kappa shape index (κ1) is 15.4. The fourth-order valence-corrected chi connectivity index (χ4v) is 3.72. The van der Waals surface area contributed by atoms with Gasteiger partial charge < -0.3 is 5.32 Å². The van der Waals surface area contributed by atoms with Crippen molar-refractivity contribution in [2.24, 2.45) is 11.8 Å². The van der Waals surface area contributed by atoms with Gasteiger partial charge in [0.15, 0.2) is 9.84 Å². The van der Waals surface area contributed by atoms with Gasteiger partial charge in [-0.2, -0.15) is 0 Å². The molecule has 1 N–H and O–H groups in total. The van der Waals surface area contributed by atoms with Gasteiger partial charge in [0.05, 0.1) is 10.6 Å². The molecule has 1 saturated carbocycles. The van der Waals surface area contributed by atoms with Gasteiger partial charge in [0.2, 0.25) is 0 Å². The Balaban J connectivity index is 2.01. The summed E-state index contributed by atoms with van der Waals surface area (Å²) in [5.41, 5.74) is 1.02. The third-order valence-electron chi connectivity index (χ3n) is 4.56. The van der Waals surface area contributed by atoms with Crippen molar-refractivity contribution in [3.8, 4) is 0 Å². The van der Waals surface area contributed by atoms with Crippen molar-refractivity contribution in [3.05, 3.63) is 24.3 Å². The van der Waals surface area contributed by atoms with Crippen molar-refractivity contribution in [1.82, 2.24) is 0 Å². The zero-order valence-electron chi connectivity index (χ0n) is 12.6. The molecule has 112 valence electrons. The lowest BCUT2D eigenvalue weighted by molar-refractivity contribution is 0.261. The molecule has 0 radical (unpaired) electrons. The third kappa shape index (κ3) is 3.54. The number of hydrogen-bond donors (Lipinski definition) is 1. The van der Waals surface area contributed by atoms with E-state index in [4.69, 9.17) is 0 Å². The van der Waals surface area contributed by atoms with E-state index in [1.165, 1.54) is 19.3 Å². The lowest BCUT2D eigenvalue weighted by Crippen LogP contribution is -2.30. The maximum absolute atomic E-state index is 11.8. The highest BCUT2D eigenvalue weighted by Gasteiger charge is 2.24. The maximum Gasteiger partial charge on any atom is 0.178 e. The molecule has 3 unspecified atom stereocenters. The zero-order valence-corrected chi connectivity index (χ0v) is 13.4. The highest BCUT2D eigenvalue weighted by molar-refractivity contribution is 7.91. The third-order valence-corrected chi connectivity index (χ3v) is 6.31. The normalized spacial score (nSPS) is 27.2. The average Bonchev–Trinajstić information content (AvgIpc) is 2.43. The Labute approximate surface area is 122 Å². The predicted octanol–water partition coefficient (Wildman–Crippen LogP) is 3.72. The van der Waals surface area contributed by atoms with Gasteiger partial charge in [-0.05, 0) is 55.4 Å². The van der Waals surface area contributed by atoms with Crippen LogP contribution < -0.4 is 5.32 Å². The van der Waals surface area contributed by atoms with Crippen LogP contribution in [0.2, 0.25) is 0 Å². The second-order valence-corrected chi connectivity index (χ2v) is 8.31. The number of nitrogens with one attached hydrogen (secondary N) is 1. The van der Waals surface area contributed by atoms with E-state index in [1.807, 2.05) is 12.1 Å². The van der Waals surface area contributed by atoms with E-state index >= 15 is 0 Å². The summed E-state index contributed by atoms with van der Waals surface area (Å²) in [6.07, 6.45) is 3.65. The van der Waals surface area contributed by atoms with Crippen molar-refractivity contribution < 1.29 is 8.42 Å². The van der Waals surface area contributed by atoms with Crippen molar-refractivity contribution in [2.45, 2.75) is 51.0 Å². The monoisotopic (exact) mass is 295 g/mol. The first-order chi connectivity index (χ1) is 9.42. The summed E-state index contributed by atoms with van der Waals surface area (Å²) in [5, 5.41) is 3.53. The van der Waals surface area contributed by atoms with Crippen LogP contribution in [0.4, 0.5) is 5.69 Å². The second kappa shape index (κ2) is 6.17. The lowest BCUT2D eigenvalue weighted by Gasteiger charge is -2.33. The number of rotatable bonds is 4. The molecule has 1 aliphatic rings. The van der Waals surface area contributed by atoms with Crippen molar-refractivity contribution >= 4 is 15.5 Å². The molecular weight excluding hydrogens is 270 g/mol. The van der Waals surface area contributed by atoms with E-state index in [9.17, 15) is 8.42 Å². The molecule has 2 rings (SSSR count). The molecule has 0 amide bonds. The van der Waals surface area contributed by atoms with Crippen molar-refractivity contribution in [3.63, 3.8) is 0 Å². The number of hydrogen-bond acceptors (Lipinski definition) is 3. The smallest absolute Gasteiger partial charge is 0.178 e. The van der Waals surface area contributed by atoms with Gasteiger partial charge in [0, 0.05) is 11.7 Å². The molecule has 0 saturated heterocycles. The molecule has 3 atom stereocenters. The second-order valence-electron chi connectivity index (χ2n) is 6.04. The molecule has 0 aromatic heterocycles. The topological polar surface area (TPSA) is 46.2 Å². The van der Waals surface area contributed by atoms with E-state index in [1.54, 1.807) is 19.1 Å². The minimum atomic E-state index is -3.09. The molecule has 0 bridgehead atoms. The fraction of sp³-hybridized carbons (Fsp3) is 0.625. The van der Waals surface area contributed by atoms with Gasteiger partial charge in [0.25, 0.3) is 0 Å². The maximum atomic E-state index is 11.8. The SMILES string of the molecule is CCS(=O)(=O)c1ccc(NC2CCC(C)C(C)C2)cc1. The lowest BCUT2D eigenvalue weighted by atomic mass is 9.79. The number of sulfone groups is 1. The van der Waals surface area contributed by atoms with Crippen LogP contribution in [-0.2, 0) is 9.84 Å². The first-order valence-electron chi connectivity index (χ1n) is 7.51. The largest absolute Gasteiger partial charge is 0.382 e.